The van der Waals surface area contributed by atoms with Crippen LogP contribution in [0.4, 0.5) is 0 Å². The molecule has 0 spiro atoms. The fourth-order valence-electron chi connectivity index (χ4n) is 1.37. The zero-order valence-corrected chi connectivity index (χ0v) is 12.8. The van der Waals surface area contributed by atoms with Crippen molar-refractivity contribution in [1.82, 2.24) is 5.32 Å². The molecular formula is C13H27NO2S. The molecule has 0 radical (unpaired) electrons. The molecule has 4 heteroatoms. The Morgan fingerprint density at radius 2 is 1.94 bits per heavy atom. The topological polar surface area (TPSA) is 38.3 Å². The first-order chi connectivity index (χ1) is 7.76. The highest BCUT2D eigenvalue weighted by Gasteiger charge is 2.22. The van der Waals surface area contributed by atoms with Gasteiger partial charge in [-0.3, -0.25) is 4.79 Å². The van der Waals surface area contributed by atoms with Gasteiger partial charge in [0, 0.05) is 6.04 Å². The lowest BCUT2D eigenvalue weighted by Gasteiger charge is -2.24. The Labute approximate surface area is 110 Å². The number of nitrogens with one attached hydrogen (secondary N) is 1. The van der Waals surface area contributed by atoms with Gasteiger partial charge in [0.15, 0.2) is 0 Å². The van der Waals surface area contributed by atoms with Crippen LogP contribution in [0.15, 0.2) is 0 Å². The van der Waals surface area contributed by atoms with Crippen LogP contribution in [0.1, 0.15) is 48.0 Å². The van der Waals surface area contributed by atoms with E-state index in [0.717, 1.165) is 17.9 Å². The number of thioether (sulfide) groups is 1. The summed E-state index contributed by atoms with van der Waals surface area (Å²) in [5, 5.41) is 3.27. The van der Waals surface area contributed by atoms with Crippen LogP contribution in [0.25, 0.3) is 0 Å². The Hall–Kier alpha value is -0.220. The van der Waals surface area contributed by atoms with E-state index in [4.69, 9.17) is 4.74 Å². The van der Waals surface area contributed by atoms with E-state index in [2.05, 4.69) is 19.2 Å². The van der Waals surface area contributed by atoms with Gasteiger partial charge < -0.3 is 10.1 Å². The van der Waals surface area contributed by atoms with E-state index in [0.29, 0.717) is 6.04 Å². The molecule has 0 aromatic heterocycles. The van der Waals surface area contributed by atoms with Crippen LogP contribution in [0.5, 0.6) is 0 Å². The zero-order valence-electron chi connectivity index (χ0n) is 12.0. The van der Waals surface area contributed by atoms with Gasteiger partial charge in [-0.15, -0.1) is 0 Å². The van der Waals surface area contributed by atoms with E-state index in [9.17, 15) is 4.79 Å². The molecule has 1 N–H and O–H groups in total. The van der Waals surface area contributed by atoms with Gasteiger partial charge in [0.25, 0.3) is 0 Å². The van der Waals surface area contributed by atoms with E-state index < -0.39 is 5.60 Å². The third-order valence-corrected chi connectivity index (χ3v) is 3.13. The van der Waals surface area contributed by atoms with Gasteiger partial charge >= 0.3 is 5.97 Å². The molecular weight excluding hydrogens is 234 g/mol. The van der Waals surface area contributed by atoms with Crippen molar-refractivity contribution in [2.45, 2.75) is 65.6 Å². The summed E-state index contributed by atoms with van der Waals surface area (Å²) in [6, 6.07) is 0.104. The minimum absolute atomic E-state index is 0.174. The van der Waals surface area contributed by atoms with Crippen molar-refractivity contribution >= 4 is 17.7 Å². The van der Waals surface area contributed by atoms with Crippen LogP contribution in [-0.2, 0) is 9.53 Å². The molecule has 0 fully saturated rings. The number of esters is 1. The van der Waals surface area contributed by atoms with Gasteiger partial charge in [-0.05, 0) is 52.5 Å². The molecule has 0 aromatic rings. The van der Waals surface area contributed by atoms with Gasteiger partial charge in [0.2, 0.25) is 0 Å². The summed E-state index contributed by atoms with van der Waals surface area (Å²) in [4.78, 5) is 11.7. The fourth-order valence-corrected chi connectivity index (χ4v) is 2.18. The van der Waals surface area contributed by atoms with Crippen LogP contribution < -0.4 is 5.32 Å². The smallest absolute Gasteiger partial charge is 0.323 e. The van der Waals surface area contributed by atoms with Crippen molar-refractivity contribution in [1.29, 1.82) is 0 Å². The second-order valence-corrected chi connectivity index (χ2v) is 6.70. The molecule has 0 aliphatic rings. The maximum Gasteiger partial charge on any atom is 0.323 e. The predicted octanol–water partition coefficient (Wildman–Crippen LogP) is 2.84. The first-order valence-corrected chi connectivity index (χ1v) is 7.48. The van der Waals surface area contributed by atoms with Crippen molar-refractivity contribution < 1.29 is 9.53 Å². The maximum atomic E-state index is 11.7. The van der Waals surface area contributed by atoms with Crippen molar-refractivity contribution in [2.24, 2.45) is 0 Å². The van der Waals surface area contributed by atoms with Crippen molar-refractivity contribution in [3.05, 3.63) is 0 Å². The van der Waals surface area contributed by atoms with Crippen molar-refractivity contribution in [2.75, 3.05) is 11.5 Å². The van der Waals surface area contributed by atoms with Crippen LogP contribution in [-0.4, -0.2) is 35.2 Å². The summed E-state index contributed by atoms with van der Waals surface area (Å²) < 4.78 is 5.32. The summed E-state index contributed by atoms with van der Waals surface area (Å²) in [5.74, 6) is 2.10. The molecule has 0 heterocycles. The lowest BCUT2D eigenvalue weighted by molar-refractivity contribution is -0.157. The summed E-state index contributed by atoms with van der Waals surface area (Å²) in [7, 11) is 0. The zero-order chi connectivity index (χ0) is 13.5. The minimum atomic E-state index is -0.408. The fraction of sp³-hybridized carbons (Fsp3) is 0.923. The van der Waals surface area contributed by atoms with Gasteiger partial charge in [-0.2, -0.15) is 11.8 Å². The van der Waals surface area contributed by atoms with Crippen LogP contribution >= 0.6 is 11.8 Å². The molecule has 0 bridgehead atoms. The molecule has 3 nitrogen and oxygen atoms in total. The van der Waals surface area contributed by atoms with E-state index in [1.807, 2.05) is 39.5 Å². The Morgan fingerprint density at radius 3 is 2.41 bits per heavy atom. The second-order valence-electron chi connectivity index (χ2n) is 5.31. The highest BCUT2D eigenvalue weighted by atomic mass is 32.2. The second kappa shape index (κ2) is 7.98. The molecule has 0 aromatic carbocycles. The molecule has 17 heavy (non-hydrogen) atoms. The standard InChI is InChI=1S/C13H27NO2S/c1-7-17-9-8-10(2)14-11(3)12(15)16-13(4,5)6/h10-11,14H,7-9H2,1-6H3. The largest absolute Gasteiger partial charge is 0.459 e. The highest BCUT2D eigenvalue weighted by Crippen LogP contribution is 2.09. The lowest BCUT2D eigenvalue weighted by atomic mass is 10.2. The SMILES string of the molecule is CCSCCC(C)NC(C)C(=O)OC(C)(C)C. The van der Waals surface area contributed by atoms with Crippen LogP contribution in [0.3, 0.4) is 0 Å². The molecule has 0 saturated heterocycles. The van der Waals surface area contributed by atoms with E-state index >= 15 is 0 Å². The summed E-state index contributed by atoms with van der Waals surface area (Å²) in [6.07, 6.45) is 1.08. The molecule has 0 amide bonds. The van der Waals surface area contributed by atoms with E-state index in [-0.39, 0.29) is 12.0 Å². The predicted molar refractivity (Wildman–Crippen MR) is 75.5 cm³/mol. The molecule has 2 atom stereocenters. The summed E-state index contributed by atoms with van der Waals surface area (Å²) >= 11 is 1.93. The third kappa shape index (κ3) is 9.48. The minimum Gasteiger partial charge on any atom is -0.459 e. The van der Waals surface area contributed by atoms with Crippen LogP contribution in [0, 0.1) is 0 Å². The van der Waals surface area contributed by atoms with E-state index in [1.165, 1.54) is 0 Å². The average Bonchev–Trinajstić information content (AvgIpc) is 2.15. The maximum absolute atomic E-state index is 11.7. The molecule has 102 valence electrons. The highest BCUT2D eigenvalue weighted by molar-refractivity contribution is 7.99. The first-order valence-electron chi connectivity index (χ1n) is 6.33. The number of hydrogen-bond acceptors (Lipinski definition) is 4. The van der Waals surface area contributed by atoms with Crippen LogP contribution in [0.2, 0.25) is 0 Å². The first kappa shape index (κ1) is 16.8. The van der Waals surface area contributed by atoms with Crippen molar-refractivity contribution in [3.8, 4) is 0 Å². The third-order valence-electron chi connectivity index (χ3n) is 2.19. The van der Waals surface area contributed by atoms with Gasteiger partial charge in [0.05, 0.1) is 0 Å². The van der Waals surface area contributed by atoms with Gasteiger partial charge in [0.1, 0.15) is 11.6 Å². The molecule has 0 aliphatic carbocycles. The number of carbonyl (C=O) groups excluding carboxylic acids is 1. The van der Waals surface area contributed by atoms with Gasteiger partial charge in [-0.1, -0.05) is 6.92 Å². The van der Waals surface area contributed by atoms with Gasteiger partial charge in [-0.25, -0.2) is 0 Å². The molecule has 0 aliphatic heterocycles. The van der Waals surface area contributed by atoms with E-state index in [1.54, 1.807) is 0 Å². The lowest BCUT2D eigenvalue weighted by Crippen LogP contribution is -2.43. The summed E-state index contributed by atoms with van der Waals surface area (Å²) in [6.45, 7) is 11.8. The molecule has 2 unspecified atom stereocenters. The number of rotatable bonds is 7. The quantitative estimate of drug-likeness (QED) is 0.565. The number of carbonyl (C=O) groups is 1. The number of ether oxygens (including phenoxy) is 1. The Bertz CT molecular complexity index is 226. The Kier molecular flexibility index (Phi) is 7.88. The molecule has 0 rings (SSSR count). The average molecular weight is 261 g/mol. The Balaban J connectivity index is 3.90. The summed E-state index contributed by atoms with van der Waals surface area (Å²) in [5.41, 5.74) is -0.408. The Morgan fingerprint density at radius 1 is 1.35 bits per heavy atom. The molecule has 0 saturated carbocycles. The normalized spacial score (nSPS) is 15.4. The number of hydrogen-bond donors (Lipinski definition) is 1. The van der Waals surface area contributed by atoms with Crippen molar-refractivity contribution in [3.63, 3.8) is 0 Å². The monoisotopic (exact) mass is 261 g/mol.